The minimum Gasteiger partial charge on any atom is -0.271 e. The Kier molecular flexibility index (Phi) is 3.91. The Bertz CT molecular complexity index is 550. The van der Waals surface area contributed by atoms with Gasteiger partial charge in [0, 0.05) is 4.88 Å². The average Bonchev–Trinajstić information content (AvgIpc) is 2.73. The van der Waals surface area contributed by atoms with Crippen LogP contribution in [-0.2, 0) is 0 Å². The minimum atomic E-state index is -1.50. The standard InChI is InChI=1S/C11H8ClF3N2S/c12-9-2-1-8(18-9)11(17-16)5-3-6(13)10(15)7(14)4-5/h1-4,11,17H,16H2. The zero-order valence-electron chi connectivity index (χ0n) is 8.88. The van der Waals surface area contributed by atoms with E-state index >= 15 is 0 Å². The van der Waals surface area contributed by atoms with Crippen LogP contribution in [0.2, 0.25) is 4.34 Å². The molecular weight excluding hydrogens is 285 g/mol. The van der Waals surface area contributed by atoms with Gasteiger partial charge in [-0.3, -0.25) is 5.84 Å². The van der Waals surface area contributed by atoms with E-state index in [0.29, 0.717) is 9.21 Å². The number of benzene rings is 1. The first-order valence-corrected chi connectivity index (χ1v) is 6.08. The molecule has 3 N–H and O–H groups in total. The Balaban J connectivity index is 2.45. The van der Waals surface area contributed by atoms with E-state index in [1.54, 1.807) is 12.1 Å². The van der Waals surface area contributed by atoms with Gasteiger partial charge in [0.15, 0.2) is 17.5 Å². The van der Waals surface area contributed by atoms with E-state index in [2.05, 4.69) is 5.43 Å². The molecule has 7 heteroatoms. The van der Waals surface area contributed by atoms with Crippen LogP contribution in [0.3, 0.4) is 0 Å². The normalized spacial score (nSPS) is 12.7. The van der Waals surface area contributed by atoms with Crippen LogP contribution >= 0.6 is 22.9 Å². The van der Waals surface area contributed by atoms with Crippen LogP contribution in [0.5, 0.6) is 0 Å². The summed E-state index contributed by atoms with van der Waals surface area (Å²) in [6.07, 6.45) is 0. The van der Waals surface area contributed by atoms with Gasteiger partial charge in [-0.25, -0.2) is 18.6 Å². The second kappa shape index (κ2) is 5.27. The number of hydrazine groups is 1. The third-order valence-corrected chi connectivity index (χ3v) is 3.68. The zero-order valence-corrected chi connectivity index (χ0v) is 10.5. The van der Waals surface area contributed by atoms with Gasteiger partial charge in [-0.15, -0.1) is 11.3 Å². The maximum atomic E-state index is 13.2. The van der Waals surface area contributed by atoms with Crippen LogP contribution in [-0.4, -0.2) is 0 Å². The van der Waals surface area contributed by atoms with Crippen molar-refractivity contribution in [3.05, 3.63) is 56.5 Å². The lowest BCUT2D eigenvalue weighted by atomic mass is 10.1. The molecule has 2 nitrogen and oxygen atoms in total. The highest BCUT2D eigenvalue weighted by Gasteiger charge is 2.19. The fourth-order valence-corrected chi connectivity index (χ4v) is 2.72. The maximum Gasteiger partial charge on any atom is 0.194 e. The smallest absolute Gasteiger partial charge is 0.194 e. The van der Waals surface area contributed by atoms with Gasteiger partial charge in [-0.05, 0) is 29.8 Å². The van der Waals surface area contributed by atoms with Crippen molar-refractivity contribution in [3.8, 4) is 0 Å². The highest BCUT2D eigenvalue weighted by Crippen LogP contribution is 2.31. The van der Waals surface area contributed by atoms with Gasteiger partial charge in [-0.2, -0.15) is 0 Å². The molecule has 0 amide bonds. The number of nitrogens with one attached hydrogen (secondary N) is 1. The Hall–Kier alpha value is -1.08. The minimum absolute atomic E-state index is 0.187. The van der Waals surface area contributed by atoms with E-state index in [1.165, 1.54) is 11.3 Å². The summed E-state index contributed by atoms with van der Waals surface area (Å²) >= 11 is 6.99. The highest BCUT2D eigenvalue weighted by molar-refractivity contribution is 7.16. The molecular formula is C11H8ClF3N2S. The molecule has 1 aromatic heterocycles. The molecule has 1 heterocycles. The highest BCUT2D eigenvalue weighted by atomic mass is 35.5. The topological polar surface area (TPSA) is 38.0 Å². The first-order valence-electron chi connectivity index (χ1n) is 4.88. The van der Waals surface area contributed by atoms with Crippen molar-refractivity contribution < 1.29 is 13.2 Å². The molecule has 0 aliphatic rings. The van der Waals surface area contributed by atoms with E-state index in [0.717, 1.165) is 12.1 Å². The number of thiophene rings is 1. The first-order chi connectivity index (χ1) is 8.52. The maximum absolute atomic E-state index is 13.2. The van der Waals surface area contributed by atoms with Crippen LogP contribution in [0.25, 0.3) is 0 Å². The van der Waals surface area contributed by atoms with Crippen LogP contribution < -0.4 is 11.3 Å². The Labute approximate surface area is 110 Å². The molecule has 0 radical (unpaired) electrons. The van der Waals surface area contributed by atoms with Crippen LogP contribution in [0, 0.1) is 17.5 Å². The second-order valence-electron chi connectivity index (χ2n) is 3.54. The third-order valence-electron chi connectivity index (χ3n) is 2.38. The molecule has 2 rings (SSSR count). The Morgan fingerprint density at radius 2 is 1.78 bits per heavy atom. The SMILES string of the molecule is NNC(c1cc(F)c(F)c(F)c1)c1ccc(Cl)s1. The Morgan fingerprint density at radius 3 is 2.22 bits per heavy atom. The summed E-state index contributed by atoms with van der Waals surface area (Å²) < 4.78 is 39.7. The first kappa shape index (κ1) is 13.4. The summed E-state index contributed by atoms with van der Waals surface area (Å²) in [4.78, 5) is 0.674. The molecule has 0 saturated carbocycles. The van der Waals surface area contributed by atoms with Crippen molar-refractivity contribution in [1.29, 1.82) is 0 Å². The van der Waals surface area contributed by atoms with Crippen molar-refractivity contribution in [1.82, 2.24) is 5.43 Å². The van der Waals surface area contributed by atoms with Gasteiger partial charge in [-0.1, -0.05) is 11.6 Å². The molecule has 0 aliphatic heterocycles. The largest absolute Gasteiger partial charge is 0.271 e. The molecule has 0 fully saturated rings. The van der Waals surface area contributed by atoms with Gasteiger partial charge in [0.25, 0.3) is 0 Å². The molecule has 18 heavy (non-hydrogen) atoms. The van der Waals surface area contributed by atoms with E-state index < -0.39 is 23.5 Å². The number of hydrogen-bond acceptors (Lipinski definition) is 3. The van der Waals surface area contributed by atoms with Crippen molar-refractivity contribution >= 4 is 22.9 Å². The Morgan fingerprint density at radius 1 is 1.17 bits per heavy atom. The van der Waals surface area contributed by atoms with E-state index in [9.17, 15) is 13.2 Å². The predicted molar refractivity (Wildman–Crippen MR) is 64.8 cm³/mol. The molecule has 0 saturated heterocycles. The number of hydrogen-bond donors (Lipinski definition) is 2. The van der Waals surface area contributed by atoms with E-state index in [-0.39, 0.29) is 5.56 Å². The van der Waals surface area contributed by atoms with Gasteiger partial charge >= 0.3 is 0 Å². The molecule has 1 unspecified atom stereocenters. The van der Waals surface area contributed by atoms with E-state index in [4.69, 9.17) is 17.4 Å². The fourth-order valence-electron chi connectivity index (χ4n) is 1.57. The zero-order chi connectivity index (χ0) is 13.3. The van der Waals surface area contributed by atoms with Crippen LogP contribution in [0.4, 0.5) is 13.2 Å². The molecule has 1 atom stereocenters. The fraction of sp³-hybridized carbons (Fsp3) is 0.0909. The molecule has 96 valence electrons. The molecule has 2 aromatic rings. The van der Waals surface area contributed by atoms with Gasteiger partial charge < -0.3 is 0 Å². The van der Waals surface area contributed by atoms with Crippen molar-refractivity contribution in [2.45, 2.75) is 6.04 Å². The van der Waals surface area contributed by atoms with Gasteiger partial charge in [0.2, 0.25) is 0 Å². The predicted octanol–water partition coefficient (Wildman–Crippen LogP) is 3.37. The lowest BCUT2D eigenvalue weighted by Crippen LogP contribution is -2.28. The summed E-state index contributed by atoms with van der Waals surface area (Å²) in [5, 5.41) is 0. The van der Waals surface area contributed by atoms with Crippen molar-refractivity contribution in [2.75, 3.05) is 0 Å². The summed E-state index contributed by atoms with van der Waals surface area (Å²) in [6.45, 7) is 0. The number of halogens is 4. The molecule has 0 bridgehead atoms. The third kappa shape index (κ3) is 2.51. The lowest BCUT2D eigenvalue weighted by Gasteiger charge is -2.15. The summed E-state index contributed by atoms with van der Waals surface area (Å²) in [7, 11) is 0. The van der Waals surface area contributed by atoms with Crippen LogP contribution in [0.1, 0.15) is 16.5 Å². The average molecular weight is 293 g/mol. The monoisotopic (exact) mass is 292 g/mol. The van der Waals surface area contributed by atoms with Crippen molar-refractivity contribution in [3.63, 3.8) is 0 Å². The molecule has 0 spiro atoms. The quantitative estimate of drug-likeness (QED) is 0.517. The summed E-state index contributed by atoms with van der Waals surface area (Å²) in [6, 6.07) is 4.47. The number of nitrogens with two attached hydrogens (primary N) is 1. The van der Waals surface area contributed by atoms with E-state index in [1.807, 2.05) is 0 Å². The summed E-state index contributed by atoms with van der Waals surface area (Å²) in [5.41, 5.74) is 2.61. The van der Waals surface area contributed by atoms with Crippen molar-refractivity contribution in [2.24, 2.45) is 5.84 Å². The molecule has 1 aromatic carbocycles. The second-order valence-corrected chi connectivity index (χ2v) is 5.29. The lowest BCUT2D eigenvalue weighted by molar-refractivity contribution is 0.443. The van der Waals surface area contributed by atoms with Gasteiger partial charge in [0.1, 0.15) is 0 Å². The van der Waals surface area contributed by atoms with Crippen LogP contribution in [0.15, 0.2) is 24.3 Å². The van der Waals surface area contributed by atoms with Gasteiger partial charge in [0.05, 0.1) is 10.4 Å². The summed E-state index contributed by atoms with van der Waals surface area (Å²) in [5.74, 6) is 1.34. The molecule has 0 aliphatic carbocycles. The number of rotatable bonds is 3.